The van der Waals surface area contributed by atoms with Gasteiger partial charge in [-0.3, -0.25) is 9.58 Å². The van der Waals surface area contributed by atoms with Crippen LogP contribution in [-0.2, 0) is 13.1 Å². The molecule has 0 saturated carbocycles. The van der Waals surface area contributed by atoms with Gasteiger partial charge in [-0.25, -0.2) is 4.68 Å². The van der Waals surface area contributed by atoms with Gasteiger partial charge in [0.1, 0.15) is 0 Å². The fourth-order valence-corrected chi connectivity index (χ4v) is 5.41. The van der Waals surface area contributed by atoms with E-state index in [0.29, 0.717) is 27.5 Å². The molecule has 192 valence electrons. The molecule has 0 bridgehead atoms. The van der Waals surface area contributed by atoms with Gasteiger partial charge >= 0.3 is 0 Å². The van der Waals surface area contributed by atoms with Crippen molar-refractivity contribution in [1.82, 2.24) is 29.4 Å². The van der Waals surface area contributed by atoms with Gasteiger partial charge in [0.25, 0.3) is 0 Å². The van der Waals surface area contributed by atoms with E-state index in [9.17, 15) is 0 Å². The van der Waals surface area contributed by atoms with E-state index in [-0.39, 0.29) is 0 Å². The number of aryl methyl sites for hydroxylation is 1. The largest absolute Gasteiger partial charge is 0.346 e. The molecule has 1 saturated heterocycles. The van der Waals surface area contributed by atoms with Gasteiger partial charge in [0.2, 0.25) is 0 Å². The lowest BCUT2D eigenvalue weighted by molar-refractivity contribution is 0.176. The molecule has 0 amide bonds. The second-order valence-corrected chi connectivity index (χ2v) is 10.4. The molecule has 1 aliphatic rings. The number of anilines is 1. The number of piperazine rings is 1. The van der Waals surface area contributed by atoms with Crippen LogP contribution in [0.15, 0.2) is 60.8 Å². The van der Waals surface area contributed by atoms with Crippen LogP contribution in [0.5, 0.6) is 0 Å². The number of nitrogens with zero attached hydrogens (tertiary/aromatic N) is 6. The molecule has 37 heavy (non-hydrogen) atoms. The highest BCUT2D eigenvalue weighted by atomic mass is 35.5. The van der Waals surface area contributed by atoms with Crippen LogP contribution in [-0.4, -0.2) is 60.7 Å². The minimum atomic E-state index is 0.491. The molecule has 2 aromatic heterocycles. The zero-order valence-corrected chi connectivity index (χ0v) is 23.2. The van der Waals surface area contributed by atoms with Crippen molar-refractivity contribution in [3.63, 3.8) is 0 Å². The van der Waals surface area contributed by atoms with E-state index < -0.39 is 0 Å². The maximum atomic E-state index is 6.30. The summed E-state index contributed by atoms with van der Waals surface area (Å²) < 4.78 is 3.84. The third-order valence-electron chi connectivity index (χ3n) is 6.74. The van der Waals surface area contributed by atoms with Crippen LogP contribution in [0.3, 0.4) is 0 Å². The molecule has 0 spiro atoms. The molecule has 0 aliphatic carbocycles. The molecular weight excluding hydrogens is 525 g/mol. The molecule has 4 aromatic rings. The van der Waals surface area contributed by atoms with Crippen molar-refractivity contribution >= 4 is 46.4 Å². The summed E-state index contributed by atoms with van der Waals surface area (Å²) in [5, 5.41) is 14.6. The molecule has 0 unspecified atom stereocenters. The summed E-state index contributed by atoms with van der Waals surface area (Å²) in [5.41, 5.74) is 5.50. The van der Waals surface area contributed by atoms with Gasteiger partial charge in [0, 0.05) is 71.9 Å². The summed E-state index contributed by atoms with van der Waals surface area (Å²) >= 11 is 18.3. The van der Waals surface area contributed by atoms with Gasteiger partial charge in [-0.1, -0.05) is 47.5 Å². The number of para-hydroxylation sites is 1. The Hall–Kier alpha value is -2.91. The normalized spacial score (nSPS) is 14.2. The highest BCUT2D eigenvalue weighted by Crippen LogP contribution is 2.25. The Kier molecular flexibility index (Phi) is 7.81. The number of hydrogen-bond donors (Lipinski definition) is 1. The quantitative estimate of drug-likeness (QED) is 0.315. The highest BCUT2D eigenvalue weighted by Gasteiger charge is 2.22. The predicted octanol–water partition coefficient (Wildman–Crippen LogP) is 5.56. The van der Waals surface area contributed by atoms with Crippen molar-refractivity contribution in [3.8, 4) is 5.69 Å². The summed E-state index contributed by atoms with van der Waals surface area (Å²) in [6, 6.07) is 17.7. The minimum Gasteiger partial charge on any atom is -0.346 e. The van der Waals surface area contributed by atoms with Crippen LogP contribution < -0.4 is 5.32 Å². The van der Waals surface area contributed by atoms with Crippen LogP contribution in [0.1, 0.15) is 22.5 Å². The van der Waals surface area contributed by atoms with Crippen LogP contribution >= 0.6 is 35.4 Å². The fourth-order valence-electron chi connectivity index (χ4n) is 4.61. The minimum absolute atomic E-state index is 0.491. The zero-order chi connectivity index (χ0) is 25.9. The number of aromatic nitrogens is 4. The number of benzene rings is 2. The Bertz CT molecular complexity index is 1370. The maximum absolute atomic E-state index is 6.30. The lowest BCUT2D eigenvalue weighted by Gasteiger charge is -2.36. The first-order chi connectivity index (χ1) is 17.9. The first-order valence-corrected chi connectivity index (χ1v) is 13.4. The molecular formula is C27H29Cl2N7S. The third kappa shape index (κ3) is 5.83. The Morgan fingerprint density at radius 1 is 0.865 bits per heavy atom. The summed E-state index contributed by atoms with van der Waals surface area (Å²) in [5.74, 6) is 0.704. The predicted molar refractivity (Wildman–Crippen MR) is 154 cm³/mol. The summed E-state index contributed by atoms with van der Waals surface area (Å²) in [7, 11) is 0. The molecule has 2 aromatic carbocycles. The number of rotatable bonds is 6. The third-order valence-corrected chi connectivity index (χ3v) is 7.81. The SMILES string of the molecule is Cc1nn(-c2ccccc2)c(C)c1CN1CCN(C(=S)Nc2ccn(Cc3c(Cl)cccc3Cl)n2)CC1. The average molecular weight is 555 g/mol. The van der Waals surface area contributed by atoms with Gasteiger partial charge in [-0.2, -0.15) is 10.2 Å². The van der Waals surface area contributed by atoms with Gasteiger partial charge in [-0.05, 0) is 50.3 Å². The Balaban J connectivity index is 1.15. The molecule has 0 atom stereocenters. The Morgan fingerprint density at radius 2 is 1.57 bits per heavy atom. The molecule has 0 radical (unpaired) electrons. The number of halogens is 2. The van der Waals surface area contributed by atoms with E-state index in [2.05, 4.69) is 46.2 Å². The first kappa shape index (κ1) is 25.7. The van der Waals surface area contributed by atoms with Crippen LogP contribution in [0, 0.1) is 13.8 Å². The molecule has 5 rings (SSSR count). The van der Waals surface area contributed by atoms with E-state index in [1.807, 2.05) is 53.3 Å². The monoisotopic (exact) mass is 553 g/mol. The van der Waals surface area contributed by atoms with Gasteiger partial charge < -0.3 is 10.2 Å². The molecule has 1 fully saturated rings. The second kappa shape index (κ2) is 11.2. The lowest BCUT2D eigenvalue weighted by Crippen LogP contribution is -2.49. The van der Waals surface area contributed by atoms with Crippen molar-refractivity contribution in [2.75, 3.05) is 31.5 Å². The van der Waals surface area contributed by atoms with Gasteiger partial charge in [0.15, 0.2) is 10.9 Å². The number of nitrogens with one attached hydrogen (secondary N) is 1. The molecule has 1 N–H and O–H groups in total. The Labute approximate surface area is 232 Å². The van der Waals surface area contributed by atoms with Crippen LogP contribution in [0.2, 0.25) is 10.0 Å². The molecule has 10 heteroatoms. The van der Waals surface area contributed by atoms with Crippen LogP contribution in [0.25, 0.3) is 5.69 Å². The molecule has 3 heterocycles. The van der Waals surface area contributed by atoms with E-state index in [1.165, 1.54) is 11.3 Å². The fraction of sp³-hybridized carbons (Fsp3) is 0.296. The standard InChI is InChI=1S/C27H29Cl2N7S/c1-19-22(20(2)36(31-19)21-7-4-3-5-8-21)17-33-13-15-34(16-14-33)27(37)30-26-11-12-35(32-26)18-23-24(28)9-6-10-25(23)29/h3-12H,13-18H2,1-2H3,(H,30,32,37). The number of thiocarbonyl (C=S) groups is 1. The highest BCUT2D eigenvalue weighted by molar-refractivity contribution is 7.80. The van der Waals surface area contributed by atoms with E-state index in [4.69, 9.17) is 40.5 Å². The smallest absolute Gasteiger partial charge is 0.174 e. The van der Waals surface area contributed by atoms with E-state index in [0.717, 1.165) is 49.7 Å². The first-order valence-electron chi connectivity index (χ1n) is 12.2. The van der Waals surface area contributed by atoms with E-state index >= 15 is 0 Å². The Morgan fingerprint density at radius 3 is 2.27 bits per heavy atom. The van der Waals surface area contributed by atoms with E-state index in [1.54, 1.807) is 4.68 Å². The van der Waals surface area contributed by atoms with Crippen molar-refractivity contribution in [1.29, 1.82) is 0 Å². The van der Waals surface area contributed by atoms with Crippen molar-refractivity contribution in [2.45, 2.75) is 26.9 Å². The summed E-state index contributed by atoms with van der Waals surface area (Å²) in [4.78, 5) is 4.66. The lowest BCUT2D eigenvalue weighted by atomic mass is 10.1. The van der Waals surface area contributed by atoms with Crippen molar-refractivity contribution < 1.29 is 0 Å². The number of hydrogen-bond acceptors (Lipinski definition) is 4. The van der Waals surface area contributed by atoms with Crippen LogP contribution in [0.4, 0.5) is 5.82 Å². The average Bonchev–Trinajstić information content (AvgIpc) is 3.46. The molecule has 1 aliphatic heterocycles. The summed E-state index contributed by atoms with van der Waals surface area (Å²) in [6.07, 6.45) is 1.89. The second-order valence-electron chi connectivity index (χ2n) is 9.19. The maximum Gasteiger partial charge on any atom is 0.174 e. The van der Waals surface area contributed by atoms with Crippen molar-refractivity contribution in [2.24, 2.45) is 0 Å². The van der Waals surface area contributed by atoms with Gasteiger partial charge in [-0.15, -0.1) is 0 Å². The zero-order valence-electron chi connectivity index (χ0n) is 20.9. The molecule has 7 nitrogen and oxygen atoms in total. The van der Waals surface area contributed by atoms with Gasteiger partial charge in [0.05, 0.1) is 17.9 Å². The topological polar surface area (TPSA) is 54.2 Å². The summed E-state index contributed by atoms with van der Waals surface area (Å²) in [6.45, 7) is 9.18. The van der Waals surface area contributed by atoms with Crippen molar-refractivity contribution in [3.05, 3.63) is 93.4 Å².